The summed E-state index contributed by atoms with van der Waals surface area (Å²) in [4.78, 5) is 48.3. The Morgan fingerprint density at radius 1 is 0.457 bits per heavy atom. The van der Waals surface area contributed by atoms with Crippen molar-refractivity contribution in [2.45, 2.75) is 37.5 Å². The summed E-state index contributed by atoms with van der Waals surface area (Å²) in [6.07, 6.45) is 3.55. The first-order chi connectivity index (χ1) is 22.6. The van der Waals surface area contributed by atoms with Gasteiger partial charge in [-0.2, -0.15) is 0 Å². The van der Waals surface area contributed by atoms with E-state index in [9.17, 15) is 0 Å². The lowest BCUT2D eigenvalue weighted by Crippen LogP contribution is -2.64. The SMILES string of the molecule is O=C1N2Cc3cc4ccccc4cc3CN3C(=O)N4Cc5cc6ccccc6cc5CN1C41c4cccnc4-c4ncccc4C231. The average Bonchev–Trinajstić information content (AvgIpc) is 3.26. The maximum atomic E-state index is 15.3. The highest BCUT2D eigenvalue weighted by molar-refractivity contribution is 5.95. The van der Waals surface area contributed by atoms with Crippen molar-refractivity contribution in [1.82, 2.24) is 29.6 Å². The Balaban J connectivity index is 1.27. The smallest absolute Gasteiger partial charge is 0.288 e. The summed E-state index contributed by atoms with van der Waals surface area (Å²) in [5.74, 6) is 0. The second kappa shape index (κ2) is 8.09. The van der Waals surface area contributed by atoms with E-state index in [1.165, 1.54) is 0 Å². The lowest BCUT2D eigenvalue weighted by molar-refractivity contribution is -0.0813. The highest BCUT2D eigenvalue weighted by Crippen LogP contribution is 2.68. The van der Waals surface area contributed by atoms with Gasteiger partial charge in [-0.3, -0.25) is 29.6 Å². The van der Waals surface area contributed by atoms with Gasteiger partial charge in [0, 0.05) is 23.5 Å². The summed E-state index contributed by atoms with van der Waals surface area (Å²) in [6.45, 7) is 1.46. The van der Waals surface area contributed by atoms with E-state index in [1.54, 1.807) is 12.4 Å². The largest absolute Gasteiger partial charge is 0.325 e. The van der Waals surface area contributed by atoms with Crippen molar-refractivity contribution in [2.24, 2.45) is 0 Å². The molecule has 4 aliphatic heterocycles. The van der Waals surface area contributed by atoms with Crippen LogP contribution in [-0.2, 0) is 37.5 Å². The number of nitrogens with zero attached hydrogens (tertiary/aromatic N) is 6. The summed E-state index contributed by atoms with van der Waals surface area (Å²) in [5, 5.41) is 4.47. The molecule has 2 spiro atoms. The van der Waals surface area contributed by atoms with E-state index in [4.69, 9.17) is 9.97 Å². The lowest BCUT2D eigenvalue weighted by atomic mass is 9.73. The van der Waals surface area contributed by atoms with E-state index >= 15 is 9.59 Å². The number of benzene rings is 4. The van der Waals surface area contributed by atoms with Crippen molar-refractivity contribution in [3.8, 4) is 11.4 Å². The molecule has 8 nitrogen and oxygen atoms in total. The summed E-state index contributed by atoms with van der Waals surface area (Å²) in [5.41, 5.74) is 4.96. The Morgan fingerprint density at radius 3 is 1.11 bits per heavy atom. The first-order valence-electron chi connectivity index (χ1n) is 15.7. The van der Waals surface area contributed by atoms with Gasteiger partial charge in [-0.15, -0.1) is 0 Å². The molecule has 0 radical (unpaired) electrons. The third-order valence-electron chi connectivity index (χ3n) is 11.0. The van der Waals surface area contributed by atoms with Crippen molar-refractivity contribution < 1.29 is 9.59 Å². The van der Waals surface area contributed by atoms with E-state index in [2.05, 4.69) is 48.5 Å². The van der Waals surface area contributed by atoms with Gasteiger partial charge in [0.15, 0.2) is 11.3 Å². The van der Waals surface area contributed by atoms with Gasteiger partial charge in [0.2, 0.25) is 0 Å². The molecule has 0 atom stereocenters. The summed E-state index contributed by atoms with van der Waals surface area (Å²) < 4.78 is 0. The minimum Gasteiger partial charge on any atom is -0.288 e. The summed E-state index contributed by atoms with van der Waals surface area (Å²) in [6, 6.07) is 33.1. The van der Waals surface area contributed by atoms with Crippen LogP contribution in [0.5, 0.6) is 0 Å². The van der Waals surface area contributed by atoms with E-state index in [1.807, 2.05) is 68.1 Å². The average molecular weight is 599 g/mol. The monoisotopic (exact) mass is 598 g/mol. The summed E-state index contributed by atoms with van der Waals surface area (Å²) >= 11 is 0. The third-order valence-corrected chi connectivity index (χ3v) is 11.0. The molecular weight excluding hydrogens is 572 g/mol. The number of amides is 4. The fourth-order valence-corrected chi connectivity index (χ4v) is 9.26. The molecule has 1 aliphatic carbocycles. The Kier molecular flexibility index (Phi) is 4.32. The lowest BCUT2D eigenvalue weighted by Gasteiger charge is -2.51. The van der Waals surface area contributed by atoms with Gasteiger partial charge in [-0.25, -0.2) is 9.59 Å². The standard InChI is InChI=1S/C38H26N6O2/c45-35-41-19-27-15-23-7-1-2-8-24(23)16-28(27)20-42-36(46)44-22-30-18-26-10-4-3-9-25(26)17-29(30)21-43(35)38(44)32-12-6-14-40-34(32)33-31(37(38,41)42)11-5-13-39-33/h1-18H,19-22H2. The molecule has 0 saturated carbocycles. The highest BCUT2D eigenvalue weighted by atomic mass is 16.2. The summed E-state index contributed by atoms with van der Waals surface area (Å²) in [7, 11) is 0. The van der Waals surface area contributed by atoms with E-state index in [0.717, 1.165) is 54.9 Å². The second-order valence-electron chi connectivity index (χ2n) is 13.0. The van der Waals surface area contributed by atoms with Crippen molar-refractivity contribution in [1.29, 1.82) is 0 Å². The van der Waals surface area contributed by atoms with Gasteiger partial charge in [-0.1, -0.05) is 60.7 Å². The molecule has 4 aromatic carbocycles. The number of pyridine rings is 2. The number of urea groups is 2. The van der Waals surface area contributed by atoms with Crippen LogP contribution in [0, 0.1) is 0 Å². The molecule has 4 amide bonds. The van der Waals surface area contributed by atoms with E-state index in [-0.39, 0.29) is 12.1 Å². The minimum absolute atomic E-state index is 0.101. The van der Waals surface area contributed by atoms with Gasteiger partial charge in [-0.05, 0) is 80.2 Å². The van der Waals surface area contributed by atoms with Gasteiger partial charge in [0.1, 0.15) is 0 Å². The molecule has 46 heavy (non-hydrogen) atoms. The number of rotatable bonds is 0. The number of carbonyl (C=O) groups excluding carboxylic acids is 2. The predicted octanol–water partition coefficient (Wildman–Crippen LogP) is 6.67. The Bertz CT molecular complexity index is 2110. The Morgan fingerprint density at radius 2 is 0.783 bits per heavy atom. The minimum atomic E-state index is -1.17. The molecule has 0 unspecified atom stereocenters. The van der Waals surface area contributed by atoms with Crippen LogP contribution >= 0.6 is 0 Å². The fourth-order valence-electron chi connectivity index (χ4n) is 9.26. The van der Waals surface area contributed by atoms with Crippen LogP contribution in [0.4, 0.5) is 9.59 Å². The van der Waals surface area contributed by atoms with Crippen LogP contribution < -0.4 is 0 Å². The van der Waals surface area contributed by atoms with Gasteiger partial charge in [0.05, 0.1) is 37.6 Å². The van der Waals surface area contributed by atoms with Gasteiger partial charge >= 0.3 is 12.1 Å². The fraction of sp³-hybridized carbons (Fsp3) is 0.158. The quantitative estimate of drug-likeness (QED) is 0.196. The molecule has 2 saturated heterocycles. The maximum Gasteiger partial charge on any atom is 0.325 e. The molecule has 6 heterocycles. The third kappa shape index (κ3) is 2.58. The van der Waals surface area contributed by atoms with Crippen molar-refractivity contribution in [3.05, 3.63) is 143 Å². The van der Waals surface area contributed by atoms with Crippen LogP contribution in [0.3, 0.4) is 0 Å². The van der Waals surface area contributed by atoms with Crippen LogP contribution in [0.25, 0.3) is 32.9 Å². The van der Waals surface area contributed by atoms with E-state index < -0.39 is 11.3 Å². The van der Waals surface area contributed by atoms with Crippen molar-refractivity contribution >= 4 is 33.6 Å². The first-order valence-corrected chi connectivity index (χ1v) is 15.7. The predicted molar refractivity (Wildman–Crippen MR) is 172 cm³/mol. The maximum absolute atomic E-state index is 15.3. The van der Waals surface area contributed by atoms with Crippen molar-refractivity contribution in [2.75, 3.05) is 0 Å². The zero-order valence-corrected chi connectivity index (χ0v) is 24.7. The van der Waals surface area contributed by atoms with Gasteiger partial charge in [0.25, 0.3) is 0 Å². The van der Waals surface area contributed by atoms with Crippen LogP contribution in [0.2, 0.25) is 0 Å². The topological polar surface area (TPSA) is 72.9 Å². The number of carbonyl (C=O) groups is 2. The molecule has 6 aromatic rings. The molecule has 2 fully saturated rings. The van der Waals surface area contributed by atoms with Crippen LogP contribution in [0.1, 0.15) is 33.4 Å². The number of fused-ring (bicyclic) bond motifs is 7. The Labute approximate surface area is 264 Å². The van der Waals surface area contributed by atoms with E-state index in [0.29, 0.717) is 37.6 Å². The molecular formula is C38H26N6O2. The highest BCUT2D eigenvalue weighted by Gasteiger charge is 2.82. The number of aromatic nitrogens is 2. The Hall–Kier alpha value is -5.76. The molecule has 2 aromatic heterocycles. The molecule has 11 rings (SSSR count). The second-order valence-corrected chi connectivity index (χ2v) is 13.0. The molecule has 5 aliphatic rings. The van der Waals surface area contributed by atoms with Gasteiger partial charge < -0.3 is 0 Å². The molecule has 0 bridgehead atoms. The molecule has 220 valence electrons. The number of hydrogen-bond acceptors (Lipinski definition) is 4. The van der Waals surface area contributed by atoms with Crippen LogP contribution in [-0.4, -0.2) is 41.6 Å². The number of hydrogen-bond donors (Lipinski definition) is 0. The normalized spacial score (nSPS) is 23.4. The molecule has 0 N–H and O–H groups in total. The zero-order chi connectivity index (χ0) is 30.4. The zero-order valence-electron chi connectivity index (χ0n) is 24.7. The first kappa shape index (κ1) is 24.5. The van der Waals surface area contributed by atoms with Crippen molar-refractivity contribution in [3.63, 3.8) is 0 Å². The molecule has 8 heteroatoms. The van der Waals surface area contributed by atoms with Crippen LogP contribution in [0.15, 0.2) is 109 Å².